The molecule has 0 bridgehead atoms. The van der Waals surface area contributed by atoms with Gasteiger partial charge in [-0.3, -0.25) is 14.8 Å². The monoisotopic (exact) mass is 356 g/mol. The van der Waals surface area contributed by atoms with Gasteiger partial charge in [-0.15, -0.1) is 0 Å². The maximum Gasteiger partial charge on any atom is 0.197 e. The van der Waals surface area contributed by atoms with Crippen molar-refractivity contribution in [2.75, 3.05) is 0 Å². The fourth-order valence-corrected chi connectivity index (χ4v) is 2.53. The molecule has 138 valence electrons. The first-order valence-corrected chi connectivity index (χ1v) is 8.37. The van der Waals surface area contributed by atoms with Gasteiger partial charge < -0.3 is 5.11 Å². The van der Waals surface area contributed by atoms with Crippen LogP contribution in [-0.4, -0.2) is 33.1 Å². The van der Waals surface area contributed by atoms with Gasteiger partial charge in [-0.2, -0.15) is 0 Å². The Morgan fingerprint density at radius 2 is 1.19 bits per heavy atom. The summed E-state index contributed by atoms with van der Waals surface area (Å²) in [5, 5.41) is 18.6. The average Bonchev–Trinajstić information content (AvgIpc) is 2.61. The van der Waals surface area contributed by atoms with Crippen LogP contribution in [0, 0.1) is 0 Å². The van der Waals surface area contributed by atoms with Gasteiger partial charge in [0.05, 0.1) is 0 Å². The van der Waals surface area contributed by atoms with Crippen molar-refractivity contribution in [2.45, 2.75) is 45.3 Å². The van der Waals surface area contributed by atoms with Crippen molar-refractivity contribution in [2.24, 2.45) is 0 Å². The van der Waals surface area contributed by atoms with Crippen LogP contribution < -0.4 is 0 Å². The molecule has 0 aliphatic heterocycles. The van der Waals surface area contributed by atoms with Gasteiger partial charge in [0.25, 0.3) is 0 Å². The van der Waals surface area contributed by atoms with Gasteiger partial charge in [-0.1, -0.05) is 48.5 Å². The van der Waals surface area contributed by atoms with E-state index in [-0.39, 0.29) is 11.6 Å². The van der Waals surface area contributed by atoms with Gasteiger partial charge in [0.2, 0.25) is 0 Å². The van der Waals surface area contributed by atoms with Crippen LogP contribution in [0.4, 0.5) is 0 Å². The van der Waals surface area contributed by atoms with E-state index in [4.69, 9.17) is 5.26 Å². The molecule has 5 nitrogen and oxygen atoms in total. The molecular weight excluding hydrogens is 332 g/mol. The van der Waals surface area contributed by atoms with Crippen molar-refractivity contribution in [3.8, 4) is 0 Å². The molecule has 0 atom stereocenters. The van der Waals surface area contributed by atoms with E-state index in [1.165, 1.54) is 27.7 Å². The molecule has 2 rings (SSSR count). The van der Waals surface area contributed by atoms with E-state index in [0.717, 1.165) is 11.1 Å². The topological polar surface area (TPSA) is 83.8 Å². The maximum atomic E-state index is 12.2. The van der Waals surface area contributed by atoms with Crippen molar-refractivity contribution in [1.29, 1.82) is 0 Å². The second-order valence-corrected chi connectivity index (χ2v) is 7.39. The normalized spacial score (nSPS) is 12.1. The summed E-state index contributed by atoms with van der Waals surface area (Å²) in [5.74, 6) is -0.623. The quantitative estimate of drug-likeness (QED) is 0.449. The molecule has 0 heterocycles. The van der Waals surface area contributed by atoms with Crippen LogP contribution >= 0.6 is 0 Å². The van der Waals surface area contributed by atoms with Crippen molar-refractivity contribution >= 4 is 11.6 Å². The molecule has 0 saturated carbocycles. The van der Waals surface area contributed by atoms with Crippen LogP contribution in [0.2, 0.25) is 0 Å². The van der Waals surface area contributed by atoms with Gasteiger partial charge in [-0.05, 0) is 45.2 Å². The number of ketones is 2. The first kappa shape index (κ1) is 20.0. The number of benzene rings is 2. The van der Waals surface area contributed by atoms with Gasteiger partial charge in [0.15, 0.2) is 17.2 Å². The minimum Gasteiger partial charge on any atom is -0.382 e. The Bertz CT molecular complexity index is 781. The largest absolute Gasteiger partial charge is 0.382 e. The lowest BCUT2D eigenvalue weighted by Crippen LogP contribution is -2.33. The molecule has 2 aromatic carbocycles. The second kappa shape index (κ2) is 7.50. The van der Waals surface area contributed by atoms with Crippen LogP contribution in [-0.2, 0) is 11.3 Å². The minimum absolute atomic E-state index is 0.305. The van der Waals surface area contributed by atoms with Crippen LogP contribution in [0.15, 0.2) is 48.5 Å². The zero-order valence-corrected chi connectivity index (χ0v) is 15.4. The summed E-state index contributed by atoms with van der Waals surface area (Å²) in [6, 6.07) is 14.2. The van der Waals surface area contributed by atoms with E-state index in [1.807, 2.05) is 24.3 Å². The molecule has 0 saturated heterocycles. The first-order valence-electron chi connectivity index (χ1n) is 8.37. The molecule has 2 N–H and O–H groups in total. The highest BCUT2D eigenvalue weighted by molar-refractivity contribution is 6.02. The number of rotatable bonds is 7. The van der Waals surface area contributed by atoms with Crippen LogP contribution in [0.5, 0.6) is 0 Å². The van der Waals surface area contributed by atoms with Crippen molar-refractivity contribution in [3.05, 3.63) is 70.8 Å². The number of carbonyl (C=O) groups excluding carboxylic acids is 2. The molecule has 0 unspecified atom stereocenters. The maximum absolute atomic E-state index is 12.2. The SMILES string of the molecule is CC(C)(O)C(=O)c1ccc(Cc2ccc(C(=O)C(C)(C)OO)cc2)cc1. The lowest BCUT2D eigenvalue weighted by Gasteiger charge is -2.18. The van der Waals surface area contributed by atoms with Crippen molar-refractivity contribution < 1.29 is 24.8 Å². The summed E-state index contributed by atoms with van der Waals surface area (Å²) < 4.78 is 0. The predicted octanol–water partition coefficient (Wildman–Crippen LogP) is 3.68. The lowest BCUT2D eigenvalue weighted by atomic mass is 9.94. The molecule has 0 radical (unpaired) electrons. The van der Waals surface area contributed by atoms with E-state index in [1.54, 1.807) is 24.3 Å². The average molecular weight is 356 g/mol. The third kappa shape index (κ3) is 4.64. The van der Waals surface area contributed by atoms with Crippen molar-refractivity contribution in [1.82, 2.24) is 0 Å². The molecule has 0 aliphatic carbocycles. The van der Waals surface area contributed by atoms with E-state index < -0.39 is 11.2 Å². The molecule has 0 spiro atoms. The Morgan fingerprint density at radius 3 is 1.54 bits per heavy atom. The van der Waals surface area contributed by atoms with Crippen LogP contribution in [0.25, 0.3) is 0 Å². The zero-order valence-electron chi connectivity index (χ0n) is 15.4. The third-order valence-corrected chi connectivity index (χ3v) is 4.17. The number of hydrogen-bond donors (Lipinski definition) is 2. The van der Waals surface area contributed by atoms with Gasteiger partial charge >= 0.3 is 0 Å². The standard InChI is InChI=1S/C21H24O5/c1-20(2,24)18(22)16-9-5-14(6-10-16)13-15-7-11-17(12-8-15)19(23)21(3,4)26-25/h5-12,24-25H,13H2,1-4H3. The van der Waals surface area contributed by atoms with Crippen LogP contribution in [0.1, 0.15) is 59.5 Å². The third-order valence-electron chi connectivity index (χ3n) is 4.17. The molecule has 26 heavy (non-hydrogen) atoms. The fraction of sp³-hybridized carbons (Fsp3) is 0.333. The summed E-state index contributed by atoms with van der Waals surface area (Å²) in [4.78, 5) is 28.5. The highest BCUT2D eigenvalue weighted by atomic mass is 17.1. The van der Waals surface area contributed by atoms with Crippen LogP contribution in [0.3, 0.4) is 0 Å². The first-order chi connectivity index (χ1) is 12.0. The van der Waals surface area contributed by atoms with E-state index in [0.29, 0.717) is 17.5 Å². The van der Waals surface area contributed by atoms with Gasteiger partial charge in [-0.25, -0.2) is 4.89 Å². The zero-order chi connectivity index (χ0) is 19.5. The molecule has 2 aromatic rings. The minimum atomic E-state index is -1.39. The number of Topliss-reactive ketones (excluding diaryl/α,β-unsaturated/α-hetero) is 2. The molecule has 5 heteroatoms. The smallest absolute Gasteiger partial charge is 0.197 e. The summed E-state index contributed by atoms with van der Waals surface area (Å²) in [6.07, 6.45) is 0.644. The summed E-state index contributed by atoms with van der Waals surface area (Å²) in [7, 11) is 0. The highest BCUT2D eigenvalue weighted by Crippen LogP contribution is 2.19. The van der Waals surface area contributed by atoms with E-state index in [2.05, 4.69) is 4.89 Å². The summed E-state index contributed by atoms with van der Waals surface area (Å²) >= 11 is 0. The molecule has 0 aromatic heterocycles. The number of aliphatic hydroxyl groups is 1. The van der Waals surface area contributed by atoms with E-state index in [9.17, 15) is 14.7 Å². The highest BCUT2D eigenvalue weighted by Gasteiger charge is 2.30. The number of carbonyl (C=O) groups is 2. The summed E-state index contributed by atoms with van der Waals surface area (Å²) in [5.41, 5.74) is 0.258. The number of hydrogen-bond acceptors (Lipinski definition) is 5. The molecule has 0 aliphatic rings. The molecule has 0 amide bonds. The van der Waals surface area contributed by atoms with Gasteiger partial charge in [0.1, 0.15) is 5.60 Å². The Hall–Kier alpha value is -2.34. The lowest BCUT2D eigenvalue weighted by molar-refractivity contribution is -0.294. The Labute approximate surface area is 153 Å². The Morgan fingerprint density at radius 1 is 0.808 bits per heavy atom. The Kier molecular flexibility index (Phi) is 5.76. The van der Waals surface area contributed by atoms with Crippen molar-refractivity contribution in [3.63, 3.8) is 0 Å². The van der Waals surface area contributed by atoms with Gasteiger partial charge in [0, 0.05) is 11.1 Å². The fourth-order valence-electron chi connectivity index (χ4n) is 2.53. The predicted molar refractivity (Wildman–Crippen MR) is 98.4 cm³/mol. The Balaban J connectivity index is 2.10. The molecule has 0 fully saturated rings. The molecular formula is C21H24O5. The second-order valence-electron chi connectivity index (χ2n) is 7.39. The summed E-state index contributed by atoms with van der Waals surface area (Å²) in [6.45, 7) is 5.93. The van der Waals surface area contributed by atoms with E-state index >= 15 is 0 Å².